The van der Waals surface area contributed by atoms with E-state index in [-0.39, 0.29) is 29.9 Å². The molecule has 4 rings (SSSR count). The molecule has 0 bridgehead atoms. The van der Waals surface area contributed by atoms with Crippen molar-refractivity contribution >= 4 is 35.8 Å². The number of nitrogens with one attached hydrogen (secondary N) is 2. The van der Waals surface area contributed by atoms with Gasteiger partial charge in [-0.15, -0.1) is 24.0 Å². The molecule has 1 aromatic rings. The number of nitrogens with zero attached hydrogens (tertiary/aromatic N) is 2. The van der Waals surface area contributed by atoms with Gasteiger partial charge in [0.25, 0.3) is 0 Å². The first-order valence-corrected chi connectivity index (χ1v) is 11.7. The summed E-state index contributed by atoms with van der Waals surface area (Å²) in [4.78, 5) is 19.8. The van der Waals surface area contributed by atoms with E-state index in [2.05, 4.69) is 15.5 Å². The Morgan fingerprint density at radius 1 is 1.03 bits per heavy atom. The maximum atomic E-state index is 12.9. The van der Waals surface area contributed by atoms with Crippen molar-refractivity contribution in [2.75, 3.05) is 19.6 Å². The first-order valence-electron chi connectivity index (χ1n) is 11.7. The number of carbonyl (C=O) groups excluding carboxylic acids is 1. The van der Waals surface area contributed by atoms with Gasteiger partial charge in [-0.1, -0.05) is 32.1 Å². The summed E-state index contributed by atoms with van der Waals surface area (Å²) in [7, 11) is 0. The normalized spacial score (nSPS) is 23.4. The zero-order chi connectivity index (χ0) is 19.9. The highest BCUT2D eigenvalue weighted by atomic mass is 127. The van der Waals surface area contributed by atoms with Gasteiger partial charge in [-0.2, -0.15) is 0 Å². The van der Waals surface area contributed by atoms with E-state index in [0.717, 1.165) is 50.5 Å². The second kappa shape index (κ2) is 12.0. The van der Waals surface area contributed by atoms with Gasteiger partial charge in [-0.05, 0) is 44.2 Å². The van der Waals surface area contributed by atoms with Crippen LogP contribution in [0.5, 0.6) is 0 Å². The van der Waals surface area contributed by atoms with E-state index in [0.29, 0.717) is 24.5 Å². The van der Waals surface area contributed by atoms with E-state index >= 15 is 0 Å². The van der Waals surface area contributed by atoms with E-state index in [1.54, 1.807) is 6.26 Å². The number of hydrogen-bond acceptors (Lipinski definition) is 3. The highest BCUT2D eigenvalue weighted by Gasteiger charge is 2.32. The van der Waals surface area contributed by atoms with Crippen LogP contribution in [0.25, 0.3) is 0 Å². The molecule has 2 saturated carbocycles. The van der Waals surface area contributed by atoms with Crippen molar-refractivity contribution in [1.29, 1.82) is 0 Å². The number of likely N-dealkylation sites (tertiary alicyclic amines) is 1. The van der Waals surface area contributed by atoms with Crippen LogP contribution >= 0.6 is 24.0 Å². The summed E-state index contributed by atoms with van der Waals surface area (Å²) in [5.74, 6) is 2.52. The summed E-state index contributed by atoms with van der Waals surface area (Å²) < 4.78 is 5.43. The number of carbonyl (C=O) groups is 1. The standard InChI is InChI=1S/C23H36N4O2.HI/c28-22(18-7-2-1-3-8-18)27-15-13-20(17-27)26-23(25-19-9-4-5-10-19)24-14-12-21-11-6-16-29-21;/h6,11,16,18-20H,1-5,7-10,12-15,17H2,(H2,24,25,26);1H. The number of hydrogen-bond donors (Lipinski definition) is 2. The molecule has 168 valence electrons. The van der Waals surface area contributed by atoms with Gasteiger partial charge in [0.15, 0.2) is 5.96 Å². The van der Waals surface area contributed by atoms with Gasteiger partial charge in [0.2, 0.25) is 5.91 Å². The largest absolute Gasteiger partial charge is 0.469 e. The number of aliphatic imine (C=N–C) groups is 1. The van der Waals surface area contributed by atoms with Crippen molar-refractivity contribution in [3.8, 4) is 0 Å². The minimum atomic E-state index is 0. The van der Waals surface area contributed by atoms with Gasteiger partial charge < -0.3 is 20.0 Å². The molecule has 1 atom stereocenters. The number of furan rings is 1. The van der Waals surface area contributed by atoms with Crippen LogP contribution in [-0.2, 0) is 11.2 Å². The summed E-state index contributed by atoms with van der Waals surface area (Å²) in [5.41, 5.74) is 0. The Morgan fingerprint density at radius 2 is 1.77 bits per heavy atom. The van der Waals surface area contributed by atoms with E-state index in [4.69, 9.17) is 9.41 Å². The molecule has 3 fully saturated rings. The van der Waals surface area contributed by atoms with Crippen molar-refractivity contribution in [2.45, 2.75) is 82.7 Å². The summed E-state index contributed by atoms with van der Waals surface area (Å²) >= 11 is 0. The van der Waals surface area contributed by atoms with Crippen LogP contribution in [0.3, 0.4) is 0 Å². The fraction of sp³-hybridized carbons (Fsp3) is 0.739. The first-order chi connectivity index (χ1) is 14.3. The number of rotatable bonds is 6. The maximum Gasteiger partial charge on any atom is 0.225 e. The lowest BCUT2D eigenvalue weighted by Crippen LogP contribution is -2.48. The third-order valence-corrected chi connectivity index (χ3v) is 6.70. The van der Waals surface area contributed by atoms with Crippen LogP contribution in [0.2, 0.25) is 0 Å². The topological polar surface area (TPSA) is 69.9 Å². The molecule has 7 heteroatoms. The predicted molar refractivity (Wildman–Crippen MR) is 130 cm³/mol. The average Bonchev–Trinajstić information content (AvgIpc) is 3.51. The van der Waals surface area contributed by atoms with Gasteiger partial charge in [-0.3, -0.25) is 9.79 Å². The van der Waals surface area contributed by atoms with Gasteiger partial charge in [0.05, 0.1) is 6.26 Å². The lowest BCUT2D eigenvalue weighted by molar-refractivity contribution is -0.135. The van der Waals surface area contributed by atoms with E-state index < -0.39 is 0 Å². The van der Waals surface area contributed by atoms with E-state index in [9.17, 15) is 4.79 Å². The molecule has 0 spiro atoms. The summed E-state index contributed by atoms with van der Waals surface area (Å²) in [5, 5.41) is 7.26. The van der Waals surface area contributed by atoms with Crippen LogP contribution in [0.1, 0.15) is 70.0 Å². The second-order valence-corrected chi connectivity index (χ2v) is 8.93. The third kappa shape index (κ3) is 6.62. The third-order valence-electron chi connectivity index (χ3n) is 6.70. The zero-order valence-corrected chi connectivity index (χ0v) is 20.3. The van der Waals surface area contributed by atoms with Gasteiger partial charge in [0.1, 0.15) is 5.76 Å². The lowest BCUT2D eigenvalue weighted by Gasteiger charge is -2.26. The Labute approximate surface area is 197 Å². The fourth-order valence-electron chi connectivity index (χ4n) is 5.01. The zero-order valence-electron chi connectivity index (χ0n) is 18.0. The van der Waals surface area contributed by atoms with Crippen molar-refractivity contribution < 1.29 is 9.21 Å². The molecule has 2 N–H and O–H groups in total. The molecule has 1 unspecified atom stereocenters. The molecular formula is C23H37IN4O2. The van der Waals surface area contributed by atoms with Crippen LogP contribution < -0.4 is 10.6 Å². The molecule has 0 radical (unpaired) electrons. The fourth-order valence-corrected chi connectivity index (χ4v) is 5.01. The van der Waals surface area contributed by atoms with Crippen molar-refractivity contribution in [3.63, 3.8) is 0 Å². The predicted octanol–water partition coefficient (Wildman–Crippen LogP) is 4.10. The van der Waals surface area contributed by atoms with Gasteiger partial charge in [0, 0.05) is 44.1 Å². The molecule has 3 aliphatic rings. The summed E-state index contributed by atoms with van der Waals surface area (Å²) in [6.45, 7) is 2.38. The Morgan fingerprint density at radius 3 is 2.50 bits per heavy atom. The van der Waals surface area contributed by atoms with E-state index in [1.807, 2.05) is 12.1 Å². The number of halogens is 1. The smallest absolute Gasteiger partial charge is 0.225 e. The Hall–Kier alpha value is -1.25. The molecule has 0 aromatic carbocycles. The Balaban J connectivity index is 0.00000256. The highest BCUT2D eigenvalue weighted by molar-refractivity contribution is 14.0. The summed E-state index contributed by atoms with van der Waals surface area (Å²) in [6, 6.07) is 4.73. The molecule has 6 nitrogen and oxygen atoms in total. The highest BCUT2D eigenvalue weighted by Crippen LogP contribution is 2.27. The van der Waals surface area contributed by atoms with Crippen LogP contribution in [-0.4, -0.2) is 48.5 Å². The van der Waals surface area contributed by atoms with Gasteiger partial charge >= 0.3 is 0 Å². The van der Waals surface area contributed by atoms with Gasteiger partial charge in [-0.25, -0.2) is 0 Å². The monoisotopic (exact) mass is 528 g/mol. The lowest BCUT2D eigenvalue weighted by atomic mass is 9.88. The number of guanidine groups is 1. The van der Waals surface area contributed by atoms with Crippen LogP contribution in [0, 0.1) is 5.92 Å². The molecule has 1 aromatic heterocycles. The molecule has 1 saturated heterocycles. The molecule has 1 aliphatic heterocycles. The van der Waals surface area contributed by atoms with Crippen molar-refractivity contribution in [2.24, 2.45) is 10.9 Å². The summed E-state index contributed by atoms with van der Waals surface area (Å²) in [6.07, 6.45) is 14.4. The molecule has 2 aliphatic carbocycles. The van der Waals surface area contributed by atoms with E-state index in [1.165, 1.54) is 44.9 Å². The first kappa shape index (κ1) is 23.4. The molecule has 30 heavy (non-hydrogen) atoms. The Kier molecular flexibility index (Phi) is 9.33. The van der Waals surface area contributed by atoms with Crippen LogP contribution in [0.15, 0.2) is 27.8 Å². The molecule has 1 amide bonds. The SMILES string of the molecule is I.O=C(C1CCCCC1)N1CCC(NC(=NCCc2ccco2)NC2CCCC2)C1. The minimum Gasteiger partial charge on any atom is -0.469 e. The maximum absolute atomic E-state index is 12.9. The molecule has 2 heterocycles. The second-order valence-electron chi connectivity index (χ2n) is 8.93. The molecular weight excluding hydrogens is 491 g/mol. The van der Waals surface area contributed by atoms with Crippen molar-refractivity contribution in [3.05, 3.63) is 24.2 Å². The minimum absolute atomic E-state index is 0. The number of amides is 1. The van der Waals surface area contributed by atoms with Crippen LogP contribution in [0.4, 0.5) is 0 Å². The quantitative estimate of drug-likeness (QED) is 0.332. The van der Waals surface area contributed by atoms with Crippen molar-refractivity contribution in [1.82, 2.24) is 15.5 Å². The Bertz CT molecular complexity index is 667. The average molecular weight is 528 g/mol.